The Balaban J connectivity index is 0.763. The third-order valence-corrected chi connectivity index (χ3v) is 13.8. The number of aliphatic hydroxyl groups excluding tert-OH is 1. The summed E-state index contributed by atoms with van der Waals surface area (Å²) in [5.41, 5.74) is 1.74. The van der Waals surface area contributed by atoms with Crippen molar-refractivity contribution < 1.29 is 39.2 Å². The molecule has 0 saturated carbocycles. The monoisotopic (exact) mass is 919 g/mol. The Hall–Kier alpha value is -6.84. The van der Waals surface area contributed by atoms with Crippen LogP contribution in [0.5, 0.6) is 11.5 Å². The zero-order chi connectivity index (χ0) is 47.2. The van der Waals surface area contributed by atoms with Gasteiger partial charge in [0, 0.05) is 67.8 Å². The predicted octanol–water partition coefficient (Wildman–Crippen LogP) is 5.50. The highest BCUT2D eigenvalue weighted by molar-refractivity contribution is 5.94. The molecule has 1 aromatic heterocycles. The van der Waals surface area contributed by atoms with Gasteiger partial charge in [-0.3, -0.25) is 19.3 Å². The van der Waals surface area contributed by atoms with Gasteiger partial charge < -0.3 is 44.9 Å². The number of ether oxygens (including phenoxy) is 2. The first-order chi connectivity index (χ1) is 33.0. The van der Waals surface area contributed by atoms with Crippen LogP contribution in [0.1, 0.15) is 63.5 Å². The predicted molar refractivity (Wildman–Crippen MR) is 256 cm³/mol. The van der Waals surface area contributed by atoms with Crippen LogP contribution in [-0.2, 0) is 33.0 Å². The van der Waals surface area contributed by atoms with Crippen LogP contribution in [0.4, 0.5) is 0 Å². The number of pyridine rings is 1. The van der Waals surface area contributed by atoms with E-state index in [4.69, 9.17) is 9.47 Å². The van der Waals surface area contributed by atoms with E-state index >= 15 is 0 Å². The van der Waals surface area contributed by atoms with Crippen molar-refractivity contribution in [3.63, 3.8) is 0 Å². The molecule has 3 fully saturated rings. The molecule has 3 aliphatic rings. The maximum absolute atomic E-state index is 14.0. The fourth-order valence-corrected chi connectivity index (χ4v) is 9.97. The van der Waals surface area contributed by atoms with E-state index in [2.05, 4.69) is 27.3 Å². The van der Waals surface area contributed by atoms with Crippen LogP contribution in [0.25, 0.3) is 10.9 Å². The van der Waals surface area contributed by atoms with E-state index in [1.165, 1.54) is 17.7 Å². The summed E-state index contributed by atoms with van der Waals surface area (Å²) in [6.45, 7) is 4.78. The fourth-order valence-electron chi connectivity index (χ4n) is 9.97. The molecule has 4 atom stereocenters. The quantitative estimate of drug-likeness (QED) is 0.0773. The zero-order valence-corrected chi connectivity index (χ0v) is 37.8. The number of hydrogen-bond donors (Lipinski definition) is 5. The number of H-pyrrole nitrogens is 1. The summed E-state index contributed by atoms with van der Waals surface area (Å²) in [4.78, 5) is 61.8. The van der Waals surface area contributed by atoms with Crippen molar-refractivity contribution in [1.82, 2.24) is 25.0 Å². The smallest absolute Gasteiger partial charge is 0.347 e. The largest absolute Gasteiger partial charge is 0.506 e. The molecule has 0 spiro atoms. The van der Waals surface area contributed by atoms with Crippen molar-refractivity contribution in [3.8, 4) is 11.5 Å². The molecule has 3 saturated heterocycles. The molecule has 68 heavy (non-hydrogen) atoms. The van der Waals surface area contributed by atoms with E-state index in [1.54, 1.807) is 82.6 Å². The van der Waals surface area contributed by atoms with Gasteiger partial charge in [0.2, 0.25) is 11.2 Å². The molecule has 0 aliphatic carbocycles. The van der Waals surface area contributed by atoms with E-state index in [-0.39, 0.29) is 71.8 Å². The number of aromatic hydroxyl groups is 1. The van der Waals surface area contributed by atoms with E-state index < -0.39 is 17.7 Å². The van der Waals surface area contributed by atoms with Crippen molar-refractivity contribution in [2.45, 2.75) is 50.1 Å². The topological polar surface area (TPSA) is 185 Å². The maximum Gasteiger partial charge on any atom is 0.347 e. The Morgan fingerprint density at radius 3 is 2.29 bits per heavy atom. The number of nitrogens with zero attached hydrogens (tertiary/aromatic N) is 3. The molecular formula is C54H57N5O9. The normalized spacial score (nSPS) is 18.8. The van der Waals surface area contributed by atoms with Crippen molar-refractivity contribution in [2.75, 3.05) is 52.5 Å². The van der Waals surface area contributed by atoms with Crippen LogP contribution < -0.4 is 15.6 Å². The summed E-state index contributed by atoms with van der Waals surface area (Å²) >= 11 is 0. The molecule has 4 heterocycles. The number of benzene rings is 5. The molecule has 5 N–H and O–H groups in total. The van der Waals surface area contributed by atoms with Crippen molar-refractivity contribution in [1.29, 1.82) is 0 Å². The summed E-state index contributed by atoms with van der Waals surface area (Å²) in [5.74, 6) is -0.523. The molecule has 14 nitrogen and oxygen atoms in total. The number of likely N-dealkylation sites (tertiary alicyclic amines) is 3. The average Bonchev–Trinajstić information content (AvgIpc) is 3.98. The lowest BCUT2D eigenvalue weighted by Gasteiger charge is -2.33. The number of aliphatic hydroxyl groups is 2. The lowest BCUT2D eigenvalue weighted by molar-refractivity contribution is -0.164. The first kappa shape index (κ1) is 46.3. The molecule has 6 aromatic rings. The van der Waals surface area contributed by atoms with E-state index in [0.717, 1.165) is 44.5 Å². The molecule has 0 radical (unpaired) electrons. The van der Waals surface area contributed by atoms with Gasteiger partial charge in [-0.1, -0.05) is 91.0 Å². The minimum Gasteiger partial charge on any atom is -0.506 e. The van der Waals surface area contributed by atoms with Gasteiger partial charge in [-0.25, -0.2) is 4.79 Å². The lowest BCUT2D eigenvalue weighted by atomic mass is 9.86. The van der Waals surface area contributed by atoms with Gasteiger partial charge >= 0.3 is 5.97 Å². The number of amides is 2. The first-order valence-electron chi connectivity index (χ1n) is 23.4. The Morgan fingerprint density at radius 2 is 1.53 bits per heavy atom. The number of carbonyl (C=O) groups excluding carboxylic acids is 3. The number of piperidine rings is 1. The molecule has 5 aromatic carbocycles. The second-order valence-corrected chi connectivity index (χ2v) is 18.2. The fraction of sp³-hybridized carbons (Fsp3) is 0.333. The van der Waals surface area contributed by atoms with Crippen LogP contribution >= 0.6 is 0 Å². The third kappa shape index (κ3) is 10.2. The lowest BCUT2D eigenvalue weighted by Crippen LogP contribution is -2.42. The van der Waals surface area contributed by atoms with E-state index in [9.17, 15) is 34.5 Å². The third-order valence-electron chi connectivity index (χ3n) is 13.8. The molecule has 2 amide bonds. The Labute approximate surface area is 394 Å². The summed E-state index contributed by atoms with van der Waals surface area (Å²) < 4.78 is 12.0. The number of aromatic amines is 1. The molecule has 9 rings (SSSR count). The van der Waals surface area contributed by atoms with Gasteiger partial charge in [0.15, 0.2) is 6.61 Å². The Kier molecular flexibility index (Phi) is 14.0. The number of hydrogen-bond acceptors (Lipinski definition) is 11. The highest BCUT2D eigenvalue weighted by atomic mass is 16.6. The second kappa shape index (κ2) is 20.6. The van der Waals surface area contributed by atoms with Crippen LogP contribution in [-0.4, -0.2) is 111 Å². The summed E-state index contributed by atoms with van der Waals surface area (Å²) in [5, 5.41) is 37.2. The minimum atomic E-state index is -2.11. The van der Waals surface area contributed by atoms with Crippen molar-refractivity contribution in [2.24, 2.45) is 11.8 Å². The number of aromatic nitrogens is 1. The second-order valence-electron chi connectivity index (χ2n) is 18.2. The van der Waals surface area contributed by atoms with Gasteiger partial charge in [0.1, 0.15) is 11.5 Å². The van der Waals surface area contributed by atoms with Crippen LogP contribution in [0, 0.1) is 11.8 Å². The van der Waals surface area contributed by atoms with Crippen molar-refractivity contribution >= 4 is 28.7 Å². The summed E-state index contributed by atoms with van der Waals surface area (Å²) in [6, 6.07) is 38.9. The number of fused-ring (bicyclic) bond motifs is 2. The van der Waals surface area contributed by atoms with Gasteiger partial charge in [0.05, 0.1) is 24.3 Å². The number of esters is 1. The average molecular weight is 920 g/mol. The summed E-state index contributed by atoms with van der Waals surface area (Å²) in [7, 11) is 0. The maximum atomic E-state index is 14.0. The van der Waals surface area contributed by atoms with Crippen LogP contribution in [0.3, 0.4) is 0 Å². The number of rotatable bonds is 16. The van der Waals surface area contributed by atoms with E-state index in [1.807, 2.05) is 36.4 Å². The van der Waals surface area contributed by atoms with E-state index in [0.29, 0.717) is 54.0 Å². The van der Waals surface area contributed by atoms with Gasteiger partial charge in [-0.15, -0.1) is 0 Å². The standard InChI is InChI=1S/C54H57N5O9/c60-47-20-18-44(45-19-21-49(62)56-51(45)47)48(61)30-55-29-36-14-16-39(17-15-36)52(64)58-32-40-24-27-59(46(40)33-58)50(63)35-67-43-13-7-12-42(28-43)54(66,41-10-5-2-6-11-41)53(65)68-34-38-22-25-57(26-23-38)31-37-8-3-1-4-9-37/h1-21,28,38,40,46,48,55,60-61,66H,22-27,29-35H2,(H,56,62)/t40-,46+,48+,54?/m1/s1. The first-order valence-corrected chi connectivity index (χ1v) is 23.4. The van der Waals surface area contributed by atoms with Gasteiger partial charge in [-0.2, -0.15) is 0 Å². The number of phenolic OH excluding ortho intramolecular Hbond substituents is 1. The SMILES string of the molecule is O=C(c1ccc(CNC[C@H](O)c2ccc(O)c3[nH]c(=O)ccc23)cc1)N1C[C@H]2CCN(C(=O)COc3cccc(C(O)(C(=O)OCC4CCN(Cc5ccccc5)CC4)c4ccccc4)c3)[C@H]2C1. The molecule has 1 unspecified atom stereocenters. The number of carbonyl (C=O) groups is 3. The Morgan fingerprint density at radius 1 is 0.794 bits per heavy atom. The molecule has 0 bridgehead atoms. The van der Waals surface area contributed by atoms with Gasteiger partial charge in [-0.05, 0) is 96.9 Å². The molecular weight excluding hydrogens is 863 g/mol. The molecule has 352 valence electrons. The van der Waals surface area contributed by atoms with Crippen molar-refractivity contribution in [3.05, 3.63) is 177 Å². The number of phenols is 1. The Bertz CT molecular complexity index is 2780. The highest BCUT2D eigenvalue weighted by Crippen LogP contribution is 2.36. The molecule has 14 heteroatoms. The number of nitrogens with one attached hydrogen (secondary N) is 2. The molecule has 3 aliphatic heterocycles. The van der Waals surface area contributed by atoms with Gasteiger partial charge in [0.25, 0.3) is 11.8 Å². The highest BCUT2D eigenvalue weighted by Gasteiger charge is 2.45. The zero-order valence-electron chi connectivity index (χ0n) is 37.8. The van der Waals surface area contributed by atoms with Crippen LogP contribution in [0.2, 0.25) is 0 Å². The van der Waals surface area contributed by atoms with Crippen LogP contribution in [0.15, 0.2) is 138 Å². The summed E-state index contributed by atoms with van der Waals surface area (Å²) in [6.07, 6.45) is 1.63. The minimum absolute atomic E-state index is 0.0718.